The van der Waals surface area contributed by atoms with Crippen molar-refractivity contribution in [2.45, 2.75) is 58.8 Å². The van der Waals surface area contributed by atoms with Gasteiger partial charge in [-0.15, -0.1) is 6.58 Å². The van der Waals surface area contributed by atoms with Crippen molar-refractivity contribution in [2.24, 2.45) is 28.6 Å². The van der Waals surface area contributed by atoms with Gasteiger partial charge in [0.1, 0.15) is 0 Å². The van der Waals surface area contributed by atoms with Gasteiger partial charge in [0.25, 0.3) is 0 Å². The number of carboxylic acids is 1. The zero-order chi connectivity index (χ0) is 16.7. The van der Waals surface area contributed by atoms with Gasteiger partial charge in [-0.3, -0.25) is 0 Å². The molecule has 2 saturated carbocycles. The van der Waals surface area contributed by atoms with Gasteiger partial charge in [0.05, 0.1) is 0 Å². The van der Waals surface area contributed by atoms with Crippen LogP contribution >= 0.6 is 0 Å². The smallest absolute Gasteiger partial charge is 0.327 e. The molecule has 5 atom stereocenters. The Labute approximate surface area is 140 Å². The zero-order valence-electron chi connectivity index (χ0n) is 14.6. The number of aliphatic carboxylic acids is 1. The molecule has 0 aliphatic heterocycles. The van der Waals surface area contributed by atoms with Crippen LogP contribution < -0.4 is 0 Å². The lowest BCUT2D eigenvalue weighted by molar-refractivity contribution is -0.131. The van der Waals surface area contributed by atoms with Crippen LogP contribution in [0.15, 0.2) is 36.5 Å². The average molecular weight is 314 g/mol. The van der Waals surface area contributed by atoms with Crippen LogP contribution in [0.25, 0.3) is 0 Å². The molecule has 126 valence electrons. The first kappa shape index (κ1) is 16.5. The van der Waals surface area contributed by atoms with Gasteiger partial charge in [0.2, 0.25) is 0 Å². The Morgan fingerprint density at radius 2 is 2.04 bits per heavy atom. The van der Waals surface area contributed by atoms with Crippen LogP contribution in [-0.2, 0) is 4.79 Å². The van der Waals surface area contributed by atoms with E-state index in [1.165, 1.54) is 44.6 Å². The Balaban J connectivity index is 1.90. The Hall–Kier alpha value is -1.31. The molecule has 2 heteroatoms. The van der Waals surface area contributed by atoms with Crippen LogP contribution in [0.3, 0.4) is 0 Å². The Morgan fingerprint density at radius 1 is 1.26 bits per heavy atom. The summed E-state index contributed by atoms with van der Waals surface area (Å²) in [5, 5.41) is 9.03. The van der Waals surface area contributed by atoms with Crippen LogP contribution in [0.1, 0.15) is 58.8 Å². The number of hydrogen-bond donors (Lipinski definition) is 1. The minimum Gasteiger partial charge on any atom is -0.478 e. The molecule has 0 heterocycles. The van der Waals surface area contributed by atoms with Crippen LogP contribution in [0.4, 0.5) is 0 Å². The minimum absolute atomic E-state index is 0.0368. The van der Waals surface area contributed by atoms with Crippen molar-refractivity contribution in [3.63, 3.8) is 0 Å². The van der Waals surface area contributed by atoms with Crippen molar-refractivity contribution in [2.75, 3.05) is 0 Å². The maximum absolute atomic E-state index is 11.0. The number of fused-ring (bicyclic) bond motifs is 3. The van der Waals surface area contributed by atoms with Crippen LogP contribution in [0, 0.1) is 28.6 Å². The fraction of sp³-hybridized carbons (Fsp3) is 0.667. The van der Waals surface area contributed by atoms with E-state index in [0.717, 1.165) is 6.42 Å². The lowest BCUT2D eigenvalue weighted by Gasteiger charge is -2.54. The summed E-state index contributed by atoms with van der Waals surface area (Å²) in [6.07, 6.45) is 16.5. The van der Waals surface area contributed by atoms with Crippen molar-refractivity contribution < 1.29 is 9.90 Å². The van der Waals surface area contributed by atoms with E-state index < -0.39 is 5.97 Å². The van der Waals surface area contributed by atoms with Crippen molar-refractivity contribution in [1.29, 1.82) is 0 Å². The Bertz CT molecular complexity index is 558. The maximum atomic E-state index is 11.0. The number of allylic oxidation sites excluding steroid dienone is 4. The Morgan fingerprint density at radius 3 is 2.74 bits per heavy atom. The summed E-state index contributed by atoms with van der Waals surface area (Å²) in [7, 11) is 0. The predicted octanol–water partition coefficient (Wildman–Crippen LogP) is 5.37. The number of hydrogen-bond acceptors (Lipinski definition) is 1. The van der Waals surface area contributed by atoms with Gasteiger partial charge < -0.3 is 5.11 Å². The highest BCUT2D eigenvalue weighted by Gasteiger charge is 2.49. The topological polar surface area (TPSA) is 37.3 Å². The highest BCUT2D eigenvalue weighted by atomic mass is 16.4. The molecule has 0 spiro atoms. The van der Waals surface area contributed by atoms with E-state index in [1.54, 1.807) is 5.57 Å². The summed E-state index contributed by atoms with van der Waals surface area (Å²) in [5.74, 6) is 1.07. The van der Waals surface area contributed by atoms with Gasteiger partial charge in [-0.25, -0.2) is 4.79 Å². The molecule has 2 nitrogen and oxygen atoms in total. The standard InChI is InChI=1S/C21H30O2/c1-4-20(2)12-5-7-15-16-8-6-13-21(3,14-11-19(22)23)18(16)10-9-17(15)20/h4,7,11,14,16-18H,1,5-6,8-10,12-13H2,2-3H3,(H,22,23)/b14-11+/t16?,17?,18?,20-,21-/m0/s1. The van der Waals surface area contributed by atoms with Crippen molar-refractivity contribution in [3.05, 3.63) is 36.5 Å². The normalized spacial score (nSPS) is 43.4. The van der Waals surface area contributed by atoms with Gasteiger partial charge >= 0.3 is 5.97 Å². The first-order valence-electron chi connectivity index (χ1n) is 9.15. The Kier molecular flexibility index (Phi) is 4.29. The summed E-state index contributed by atoms with van der Waals surface area (Å²) in [6, 6.07) is 0. The number of carbonyl (C=O) groups is 1. The summed E-state index contributed by atoms with van der Waals surface area (Å²) >= 11 is 0. The number of carboxylic acid groups (broad SMARTS) is 1. The SMILES string of the molecule is C=C[C@@]1(C)CCC=C2C3CCC[C@@](C)(/C=C/C(=O)O)C3CCC21. The second-order valence-corrected chi connectivity index (χ2v) is 8.37. The zero-order valence-corrected chi connectivity index (χ0v) is 14.6. The third-order valence-electron chi connectivity index (χ3n) is 7.09. The summed E-state index contributed by atoms with van der Waals surface area (Å²) in [4.78, 5) is 11.0. The second kappa shape index (κ2) is 5.96. The van der Waals surface area contributed by atoms with E-state index in [4.69, 9.17) is 5.11 Å². The molecular weight excluding hydrogens is 284 g/mol. The molecule has 0 bridgehead atoms. The van der Waals surface area contributed by atoms with E-state index >= 15 is 0 Å². The molecule has 0 radical (unpaired) electrons. The van der Waals surface area contributed by atoms with Crippen molar-refractivity contribution >= 4 is 5.97 Å². The predicted molar refractivity (Wildman–Crippen MR) is 94.1 cm³/mol. The molecule has 0 aromatic carbocycles. The van der Waals surface area contributed by atoms with Crippen molar-refractivity contribution in [3.8, 4) is 0 Å². The quantitative estimate of drug-likeness (QED) is 0.561. The highest BCUT2D eigenvalue weighted by Crippen LogP contribution is 2.59. The highest BCUT2D eigenvalue weighted by molar-refractivity contribution is 5.79. The van der Waals surface area contributed by atoms with E-state index in [-0.39, 0.29) is 10.8 Å². The van der Waals surface area contributed by atoms with Gasteiger partial charge in [-0.2, -0.15) is 0 Å². The lowest BCUT2D eigenvalue weighted by atomic mass is 9.50. The fourth-order valence-corrected chi connectivity index (χ4v) is 5.69. The summed E-state index contributed by atoms with van der Waals surface area (Å²) in [6.45, 7) is 8.78. The maximum Gasteiger partial charge on any atom is 0.327 e. The third-order valence-corrected chi connectivity index (χ3v) is 7.09. The van der Waals surface area contributed by atoms with Crippen LogP contribution in [0.5, 0.6) is 0 Å². The fourth-order valence-electron chi connectivity index (χ4n) is 5.69. The average Bonchev–Trinajstić information content (AvgIpc) is 2.54. The molecule has 3 aliphatic carbocycles. The molecule has 0 amide bonds. The van der Waals surface area contributed by atoms with Gasteiger partial charge in [0, 0.05) is 6.08 Å². The molecule has 23 heavy (non-hydrogen) atoms. The van der Waals surface area contributed by atoms with Gasteiger partial charge in [-0.1, -0.05) is 44.1 Å². The van der Waals surface area contributed by atoms with Crippen molar-refractivity contribution in [1.82, 2.24) is 0 Å². The molecule has 2 fully saturated rings. The van der Waals surface area contributed by atoms with E-state index in [1.807, 2.05) is 6.08 Å². The third kappa shape index (κ3) is 2.81. The van der Waals surface area contributed by atoms with Gasteiger partial charge in [-0.05, 0) is 67.1 Å². The first-order valence-corrected chi connectivity index (χ1v) is 9.15. The second-order valence-electron chi connectivity index (χ2n) is 8.37. The van der Waals surface area contributed by atoms with Gasteiger partial charge in [0.15, 0.2) is 0 Å². The van der Waals surface area contributed by atoms with Crippen LogP contribution in [0.2, 0.25) is 0 Å². The molecule has 3 aliphatic rings. The largest absolute Gasteiger partial charge is 0.478 e. The minimum atomic E-state index is -0.821. The summed E-state index contributed by atoms with van der Waals surface area (Å²) in [5.41, 5.74) is 1.96. The molecular formula is C21H30O2. The number of rotatable bonds is 3. The summed E-state index contributed by atoms with van der Waals surface area (Å²) < 4.78 is 0. The molecule has 0 aromatic rings. The van der Waals surface area contributed by atoms with E-state index in [2.05, 4.69) is 32.6 Å². The molecule has 1 N–H and O–H groups in total. The molecule has 3 rings (SSSR count). The van der Waals surface area contributed by atoms with Crippen LogP contribution in [-0.4, -0.2) is 11.1 Å². The molecule has 0 aromatic heterocycles. The van der Waals surface area contributed by atoms with E-state index in [9.17, 15) is 4.79 Å². The monoisotopic (exact) mass is 314 g/mol. The lowest BCUT2D eigenvalue weighted by Crippen LogP contribution is -2.45. The molecule has 3 unspecified atom stereocenters. The van der Waals surface area contributed by atoms with E-state index in [0.29, 0.717) is 17.8 Å². The molecule has 0 saturated heterocycles. The first-order chi connectivity index (χ1) is 10.9.